The van der Waals surface area contributed by atoms with Crippen LogP contribution in [0.1, 0.15) is 21.6 Å². The molecule has 0 saturated carbocycles. The van der Waals surface area contributed by atoms with Crippen molar-refractivity contribution >= 4 is 34.0 Å². The Morgan fingerprint density at radius 3 is 2.61 bits per heavy atom. The fourth-order valence-electron chi connectivity index (χ4n) is 2.85. The average molecular weight is 409 g/mol. The van der Waals surface area contributed by atoms with Crippen LogP contribution in [0.3, 0.4) is 0 Å². The number of aryl methyl sites for hydroxylation is 1. The lowest BCUT2D eigenvalue weighted by Gasteiger charge is -2.04. The van der Waals surface area contributed by atoms with Crippen LogP contribution < -0.4 is 5.32 Å². The SMILES string of the molecule is Cc1csc(NC(=O)c2cn(Cc3ccccc3Cl)nc2-c2ccccc2)n1. The Balaban J connectivity index is 1.70. The summed E-state index contributed by atoms with van der Waals surface area (Å²) in [5.74, 6) is -0.237. The summed E-state index contributed by atoms with van der Waals surface area (Å²) in [7, 11) is 0. The normalized spacial score (nSPS) is 10.8. The first kappa shape index (κ1) is 18.4. The van der Waals surface area contributed by atoms with Crippen molar-refractivity contribution in [2.75, 3.05) is 5.32 Å². The van der Waals surface area contributed by atoms with Crippen molar-refractivity contribution in [3.63, 3.8) is 0 Å². The minimum atomic E-state index is -0.237. The van der Waals surface area contributed by atoms with Gasteiger partial charge in [0.2, 0.25) is 0 Å². The van der Waals surface area contributed by atoms with Gasteiger partial charge in [0.25, 0.3) is 5.91 Å². The number of carbonyl (C=O) groups excluding carboxylic acids is 1. The molecule has 2 aromatic heterocycles. The maximum atomic E-state index is 12.9. The van der Waals surface area contributed by atoms with Crippen molar-refractivity contribution in [1.82, 2.24) is 14.8 Å². The van der Waals surface area contributed by atoms with E-state index in [2.05, 4.69) is 15.4 Å². The number of nitrogens with one attached hydrogen (secondary N) is 1. The van der Waals surface area contributed by atoms with Crippen molar-refractivity contribution in [1.29, 1.82) is 0 Å². The fourth-order valence-corrected chi connectivity index (χ4v) is 3.73. The molecular weight excluding hydrogens is 392 g/mol. The average Bonchev–Trinajstić information content (AvgIpc) is 3.30. The third kappa shape index (κ3) is 3.98. The summed E-state index contributed by atoms with van der Waals surface area (Å²) < 4.78 is 1.74. The molecule has 0 radical (unpaired) electrons. The van der Waals surface area contributed by atoms with Crippen molar-refractivity contribution < 1.29 is 4.79 Å². The van der Waals surface area contributed by atoms with E-state index in [9.17, 15) is 4.79 Å². The summed E-state index contributed by atoms with van der Waals surface area (Å²) in [4.78, 5) is 17.2. The molecule has 0 atom stereocenters. The number of hydrogen-bond acceptors (Lipinski definition) is 4. The molecule has 1 amide bonds. The molecule has 0 bridgehead atoms. The van der Waals surface area contributed by atoms with Crippen LogP contribution in [0.25, 0.3) is 11.3 Å². The van der Waals surface area contributed by atoms with Gasteiger partial charge in [0.1, 0.15) is 5.69 Å². The lowest BCUT2D eigenvalue weighted by molar-refractivity contribution is 0.102. The molecule has 0 unspecified atom stereocenters. The predicted molar refractivity (Wildman–Crippen MR) is 113 cm³/mol. The Kier molecular flexibility index (Phi) is 5.23. The molecule has 2 heterocycles. The van der Waals surface area contributed by atoms with Crippen molar-refractivity contribution in [3.05, 3.63) is 88.0 Å². The largest absolute Gasteiger partial charge is 0.298 e. The van der Waals surface area contributed by atoms with Gasteiger partial charge in [0.05, 0.1) is 17.8 Å². The third-order valence-electron chi connectivity index (χ3n) is 4.18. The number of rotatable bonds is 5. The Morgan fingerprint density at radius 2 is 1.89 bits per heavy atom. The lowest BCUT2D eigenvalue weighted by Crippen LogP contribution is -2.12. The van der Waals surface area contributed by atoms with E-state index in [1.54, 1.807) is 10.9 Å². The highest BCUT2D eigenvalue weighted by Crippen LogP contribution is 2.25. The van der Waals surface area contributed by atoms with Crippen LogP contribution >= 0.6 is 22.9 Å². The number of carbonyl (C=O) groups is 1. The van der Waals surface area contributed by atoms with Crippen LogP contribution in [0.5, 0.6) is 0 Å². The first-order valence-corrected chi connectivity index (χ1v) is 9.95. The van der Waals surface area contributed by atoms with E-state index in [0.717, 1.165) is 16.8 Å². The molecule has 28 heavy (non-hydrogen) atoms. The Morgan fingerprint density at radius 1 is 1.14 bits per heavy atom. The minimum absolute atomic E-state index is 0.237. The van der Waals surface area contributed by atoms with Gasteiger partial charge in [-0.25, -0.2) is 4.98 Å². The molecule has 0 aliphatic carbocycles. The minimum Gasteiger partial charge on any atom is -0.298 e. The smallest absolute Gasteiger partial charge is 0.261 e. The molecule has 0 aliphatic rings. The van der Waals surface area contributed by atoms with Gasteiger partial charge in [-0.3, -0.25) is 14.8 Å². The highest BCUT2D eigenvalue weighted by Gasteiger charge is 2.19. The molecule has 0 spiro atoms. The maximum Gasteiger partial charge on any atom is 0.261 e. The Labute approximate surface area is 171 Å². The summed E-state index contributed by atoms with van der Waals surface area (Å²) >= 11 is 7.68. The number of anilines is 1. The van der Waals surface area contributed by atoms with Crippen LogP contribution in [-0.2, 0) is 6.54 Å². The molecule has 0 fully saturated rings. The van der Waals surface area contributed by atoms with E-state index >= 15 is 0 Å². The summed E-state index contributed by atoms with van der Waals surface area (Å²) in [6.45, 7) is 2.37. The zero-order chi connectivity index (χ0) is 19.5. The second-order valence-electron chi connectivity index (χ2n) is 6.29. The van der Waals surface area contributed by atoms with E-state index in [1.807, 2.05) is 66.9 Å². The van der Waals surface area contributed by atoms with Crippen molar-refractivity contribution in [2.45, 2.75) is 13.5 Å². The van der Waals surface area contributed by atoms with E-state index < -0.39 is 0 Å². The zero-order valence-electron chi connectivity index (χ0n) is 15.1. The van der Waals surface area contributed by atoms with E-state index in [0.29, 0.717) is 28.0 Å². The second-order valence-corrected chi connectivity index (χ2v) is 7.56. The third-order valence-corrected chi connectivity index (χ3v) is 5.43. The number of benzene rings is 2. The quantitative estimate of drug-likeness (QED) is 0.489. The van der Waals surface area contributed by atoms with Gasteiger partial charge in [-0.1, -0.05) is 60.1 Å². The highest BCUT2D eigenvalue weighted by molar-refractivity contribution is 7.13. The number of amides is 1. The number of thiazole rings is 1. The van der Waals surface area contributed by atoms with Crippen LogP contribution in [0.4, 0.5) is 5.13 Å². The van der Waals surface area contributed by atoms with Gasteiger partial charge in [-0.2, -0.15) is 5.10 Å². The number of nitrogens with zero attached hydrogens (tertiary/aromatic N) is 3. The van der Waals surface area contributed by atoms with Gasteiger partial charge in [-0.05, 0) is 18.6 Å². The van der Waals surface area contributed by atoms with Gasteiger partial charge >= 0.3 is 0 Å². The van der Waals surface area contributed by atoms with E-state index in [1.165, 1.54) is 11.3 Å². The number of halogens is 1. The molecule has 140 valence electrons. The summed E-state index contributed by atoms with van der Waals surface area (Å²) in [5, 5.41) is 10.7. The van der Waals surface area contributed by atoms with E-state index in [-0.39, 0.29) is 5.91 Å². The standard InChI is InChI=1S/C21H17ClN4OS/c1-14-13-28-21(23-14)24-20(27)17-12-26(11-16-9-5-6-10-18(16)22)25-19(17)15-7-3-2-4-8-15/h2-10,12-13H,11H2,1H3,(H,23,24,27). The van der Waals surface area contributed by atoms with Gasteiger partial charge < -0.3 is 0 Å². The number of aromatic nitrogens is 3. The van der Waals surface area contributed by atoms with Gasteiger partial charge in [0, 0.05) is 22.2 Å². The van der Waals surface area contributed by atoms with Crippen molar-refractivity contribution in [3.8, 4) is 11.3 Å². The van der Waals surface area contributed by atoms with Crippen molar-refractivity contribution in [2.24, 2.45) is 0 Å². The molecule has 4 aromatic rings. The molecule has 2 aromatic carbocycles. The monoisotopic (exact) mass is 408 g/mol. The number of hydrogen-bond donors (Lipinski definition) is 1. The van der Waals surface area contributed by atoms with Crippen LogP contribution in [0, 0.1) is 6.92 Å². The highest BCUT2D eigenvalue weighted by atomic mass is 35.5. The Bertz CT molecular complexity index is 1120. The lowest BCUT2D eigenvalue weighted by atomic mass is 10.1. The van der Waals surface area contributed by atoms with Crippen LogP contribution in [0.15, 0.2) is 66.2 Å². The van der Waals surface area contributed by atoms with Crippen LogP contribution in [-0.4, -0.2) is 20.7 Å². The van der Waals surface area contributed by atoms with Crippen LogP contribution in [0.2, 0.25) is 5.02 Å². The summed E-state index contributed by atoms with van der Waals surface area (Å²) in [5.41, 5.74) is 3.80. The topological polar surface area (TPSA) is 59.8 Å². The Hall–Kier alpha value is -2.96. The zero-order valence-corrected chi connectivity index (χ0v) is 16.7. The van der Waals surface area contributed by atoms with Gasteiger partial charge in [0.15, 0.2) is 5.13 Å². The molecule has 5 nitrogen and oxygen atoms in total. The summed E-state index contributed by atoms with van der Waals surface area (Å²) in [6, 6.07) is 17.3. The first-order valence-electron chi connectivity index (χ1n) is 8.70. The summed E-state index contributed by atoms with van der Waals surface area (Å²) in [6.07, 6.45) is 1.75. The maximum absolute atomic E-state index is 12.9. The molecular formula is C21H17ClN4OS. The molecule has 4 rings (SSSR count). The molecule has 7 heteroatoms. The fraction of sp³-hybridized carbons (Fsp3) is 0.0952. The van der Waals surface area contributed by atoms with Gasteiger partial charge in [-0.15, -0.1) is 11.3 Å². The molecule has 0 saturated heterocycles. The first-order chi connectivity index (χ1) is 13.6. The molecule has 1 N–H and O–H groups in total. The van der Waals surface area contributed by atoms with E-state index in [4.69, 9.17) is 11.6 Å². The predicted octanol–water partition coefficient (Wildman–Crippen LogP) is 5.27. The molecule has 0 aliphatic heterocycles. The second kappa shape index (κ2) is 7.96.